The first-order valence-electron chi connectivity index (χ1n) is 4.15. The Balaban J connectivity index is 2.68. The molecule has 0 bridgehead atoms. The molecule has 0 aromatic rings. The summed E-state index contributed by atoms with van der Waals surface area (Å²) in [6.07, 6.45) is 0.0223. The van der Waals surface area contributed by atoms with Gasteiger partial charge in [0.2, 0.25) is 0 Å². The first-order chi connectivity index (χ1) is 5.39. The molecule has 0 saturated carbocycles. The van der Waals surface area contributed by atoms with Crippen LogP contribution in [0.4, 0.5) is 8.78 Å². The molecule has 1 aliphatic heterocycles. The fourth-order valence-electron chi connectivity index (χ4n) is 1.37. The van der Waals surface area contributed by atoms with Crippen molar-refractivity contribution in [2.24, 2.45) is 5.73 Å². The second-order valence-corrected chi connectivity index (χ2v) is 3.73. The van der Waals surface area contributed by atoms with Crippen LogP contribution in [0.15, 0.2) is 0 Å². The van der Waals surface area contributed by atoms with Crippen molar-refractivity contribution in [2.45, 2.75) is 44.3 Å². The maximum atomic E-state index is 13.1. The molecule has 0 aromatic carbocycles. The van der Waals surface area contributed by atoms with E-state index >= 15 is 0 Å². The van der Waals surface area contributed by atoms with E-state index in [2.05, 4.69) is 0 Å². The third-order valence-electron chi connectivity index (χ3n) is 2.39. The maximum Gasteiger partial charge on any atom is 0.276 e. The second kappa shape index (κ2) is 2.92. The standard InChI is InChI=1S/C8H15F2NO/c1-7(2)8(9,10)4-3-6(5-11)12-7/h6H,3-5,11H2,1-2H3. The van der Waals surface area contributed by atoms with E-state index < -0.39 is 11.5 Å². The molecule has 1 heterocycles. The molecule has 1 aliphatic rings. The SMILES string of the molecule is CC1(C)OC(CN)CCC1(F)F. The van der Waals surface area contributed by atoms with Gasteiger partial charge in [-0.15, -0.1) is 0 Å². The minimum absolute atomic E-state index is 0.123. The number of alkyl halides is 2. The van der Waals surface area contributed by atoms with Gasteiger partial charge in [0.15, 0.2) is 0 Å². The summed E-state index contributed by atoms with van der Waals surface area (Å²) in [5.74, 6) is -2.72. The van der Waals surface area contributed by atoms with Crippen molar-refractivity contribution in [3.8, 4) is 0 Å². The average molecular weight is 179 g/mol. The lowest BCUT2D eigenvalue weighted by atomic mass is 9.90. The number of hydrogen-bond donors (Lipinski definition) is 1. The Hall–Kier alpha value is -0.220. The summed E-state index contributed by atoms with van der Waals surface area (Å²) in [4.78, 5) is 0. The molecule has 0 amide bonds. The highest BCUT2D eigenvalue weighted by atomic mass is 19.3. The van der Waals surface area contributed by atoms with Gasteiger partial charge >= 0.3 is 0 Å². The predicted octanol–water partition coefficient (Wildman–Crippen LogP) is 1.54. The smallest absolute Gasteiger partial charge is 0.276 e. The van der Waals surface area contributed by atoms with Crippen LogP contribution in [0.5, 0.6) is 0 Å². The van der Waals surface area contributed by atoms with E-state index in [-0.39, 0.29) is 12.5 Å². The summed E-state index contributed by atoms with van der Waals surface area (Å²) in [5, 5.41) is 0. The molecule has 12 heavy (non-hydrogen) atoms. The van der Waals surface area contributed by atoms with Gasteiger partial charge in [0, 0.05) is 13.0 Å². The van der Waals surface area contributed by atoms with Gasteiger partial charge in [0.25, 0.3) is 5.92 Å². The molecule has 2 nitrogen and oxygen atoms in total. The van der Waals surface area contributed by atoms with E-state index in [1.54, 1.807) is 0 Å². The van der Waals surface area contributed by atoms with Gasteiger partial charge in [-0.3, -0.25) is 0 Å². The van der Waals surface area contributed by atoms with Gasteiger partial charge in [-0.05, 0) is 20.3 Å². The van der Waals surface area contributed by atoms with Crippen molar-refractivity contribution in [3.63, 3.8) is 0 Å². The van der Waals surface area contributed by atoms with Crippen LogP contribution in [0.1, 0.15) is 26.7 Å². The Bertz CT molecular complexity index is 170. The van der Waals surface area contributed by atoms with E-state index in [0.29, 0.717) is 13.0 Å². The van der Waals surface area contributed by atoms with Crippen LogP contribution in [0, 0.1) is 0 Å². The van der Waals surface area contributed by atoms with Gasteiger partial charge in [-0.2, -0.15) is 0 Å². The van der Waals surface area contributed by atoms with Crippen LogP contribution in [-0.2, 0) is 4.74 Å². The highest BCUT2D eigenvalue weighted by molar-refractivity contribution is 4.92. The van der Waals surface area contributed by atoms with Crippen molar-refractivity contribution in [1.29, 1.82) is 0 Å². The van der Waals surface area contributed by atoms with Crippen molar-refractivity contribution in [3.05, 3.63) is 0 Å². The molecule has 2 N–H and O–H groups in total. The molecule has 1 saturated heterocycles. The Morgan fingerprint density at radius 1 is 1.50 bits per heavy atom. The van der Waals surface area contributed by atoms with Gasteiger partial charge in [0.05, 0.1) is 6.10 Å². The molecular formula is C8H15F2NO. The molecule has 1 rings (SSSR count). The number of halogens is 2. The van der Waals surface area contributed by atoms with E-state index in [1.165, 1.54) is 13.8 Å². The van der Waals surface area contributed by atoms with Gasteiger partial charge in [-0.1, -0.05) is 0 Å². The van der Waals surface area contributed by atoms with Crippen molar-refractivity contribution < 1.29 is 13.5 Å². The van der Waals surface area contributed by atoms with Crippen LogP contribution in [-0.4, -0.2) is 24.2 Å². The van der Waals surface area contributed by atoms with E-state index in [4.69, 9.17) is 10.5 Å². The lowest BCUT2D eigenvalue weighted by molar-refractivity contribution is -0.244. The normalized spacial score (nSPS) is 33.2. The molecule has 0 spiro atoms. The zero-order valence-electron chi connectivity index (χ0n) is 7.44. The Labute approximate surface area is 71.1 Å². The minimum Gasteiger partial charge on any atom is -0.365 e. The third kappa shape index (κ3) is 1.59. The molecule has 0 aliphatic carbocycles. The number of ether oxygens (including phenoxy) is 1. The molecule has 0 aromatic heterocycles. The van der Waals surface area contributed by atoms with Crippen molar-refractivity contribution in [1.82, 2.24) is 0 Å². The summed E-state index contributed by atoms with van der Waals surface area (Å²) in [6.45, 7) is 3.14. The lowest BCUT2D eigenvalue weighted by Gasteiger charge is -2.41. The van der Waals surface area contributed by atoms with E-state index in [0.717, 1.165) is 0 Å². The molecule has 0 radical (unpaired) electrons. The number of nitrogens with two attached hydrogens (primary N) is 1. The van der Waals surface area contributed by atoms with Gasteiger partial charge < -0.3 is 10.5 Å². The lowest BCUT2D eigenvalue weighted by Crippen LogP contribution is -2.53. The van der Waals surface area contributed by atoms with Gasteiger partial charge in [-0.25, -0.2) is 8.78 Å². The summed E-state index contributed by atoms with van der Waals surface area (Å²) < 4.78 is 31.4. The van der Waals surface area contributed by atoms with E-state index in [9.17, 15) is 8.78 Å². The highest BCUT2D eigenvalue weighted by Crippen LogP contribution is 2.41. The highest BCUT2D eigenvalue weighted by Gasteiger charge is 2.51. The Kier molecular flexibility index (Phi) is 2.40. The van der Waals surface area contributed by atoms with Crippen LogP contribution >= 0.6 is 0 Å². The largest absolute Gasteiger partial charge is 0.365 e. The maximum absolute atomic E-state index is 13.1. The molecule has 72 valence electrons. The van der Waals surface area contributed by atoms with Crippen molar-refractivity contribution in [2.75, 3.05) is 6.54 Å². The summed E-state index contributed by atoms with van der Waals surface area (Å²) in [6, 6.07) is 0. The first-order valence-corrected chi connectivity index (χ1v) is 4.15. The molecule has 1 unspecified atom stereocenters. The molecule has 1 atom stereocenters. The number of hydrogen-bond acceptors (Lipinski definition) is 2. The minimum atomic E-state index is -2.72. The number of rotatable bonds is 1. The Morgan fingerprint density at radius 3 is 2.50 bits per heavy atom. The Morgan fingerprint density at radius 2 is 2.08 bits per heavy atom. The van der Waals surface area contributed by atoms with Crippen LogP contribution < -0.4 is 5.73 Å². The summed E-state index contributed by atoms with van der Waals surface area (Å²) in [7, 11) is 0. The quantitative estimate of drug-likeness (QED) is 0.662. The molecule has 4 heteroatoms. The second-order valence-electron chi connectivity index (χ2n) is 3.73. The van der Waals surface area contributed by atoms with E-state index in [1.807, 2.05) is 0 Å². The zero-order chi connectivity index (χ0) is 9.41. The van der Waals surface area contributed by atoms with Crippen LogP contribution in [0.3, 0.4) is 0 Å². The first kappa shape index (κ1) is 9.86. The summed E-state index contributed by atoms with van der Waals surface area (Å²) >= 11 is 0. The molecule has 1 fully saturated rings. The summed E-state index contributed by atoms with van der Waals surface area (Å²) in [5.41, 5.74) is 3.98. The molecular weight excluding hydrogens is 164 g/mol. The fraction of sp³-hybridized carbons (Fsp3) is 1.00. The topological polar surface area (TPSA) is 35.2 Å². The average Bonchev–Trinajstić information content (AvgIpc) is 1.95. The van der Waals surface area contributed by atoms with Gasteiger partial charge in [0.1, 0.15) is 5.60 Å². The third-order valence-corrected chi connectivity index (χ3v) is 2.39. The monoisotopic (exact) mass is 179 g/mol. The van der Waals surface area contributed by atoms with Crippen molar-refractivity contribution >= 4 is 0 Å². The predicted molar refractivity (Wildman–Crippen MR) is 42.2 cm³/mol. The van der Waals surface area contributed by atoms with Crippen LogP contribution in [0.2, 0.25) is 0 Å². The fourth-order valence-corrected chi connectivity index (χ4v) is 1.37. The van der Waals surface area contributed by atoms with Crippen LogP contribution in [0.25, 0.3) is 0 Å². The zero-order valence-corrected chi connectivity index (χ0v) is 7.44.